The second-order valence-corrected chi connectivity index (χ2v) is 7.49. The van der Waals surface area contributed by atoms with Gasteiger partial charge in [0.2, 0.25) is 0 Å². The van der Waals surface area contributed by atoms with Crippen molar-refractivity contribution in [2.45, 2.75) is 0 Å². The molecule has 0 bridgehead atoms. The Morgan fingerprint density at radius 3 is 2.19 bits per heavy atom. The monoisotopic (exact) mass is 370 g/mol. The summed E-state index contributed by atoms with van der Waals surface area (Å²) in [6.45, 7) is 0. The Morgan fingerprint density at radius 2 is 1.56 bits per heavy atom. The number of hydrogen-bond donors (Lipinski definition) is 0. The predicted octanol–water partition coefficient (Wildman–Crippen LogP) is 4.76. The van der Waals surface area contributed by atoms with Crippen LogP contribution in [0.15, 0.2) is 66.2 Å². The lowest BCUT2D eigenvalue weighted by Gasteiger charge is -2.00. The van der Waals surface area contributed by atoms with Gasteiger partial charge in [-0.05, 0) is 12.1 Å². The van der Waals surface area contributed by atoms with E-state index >= 15 is 0 Å². The average Bonchev–Trinajstić information content (AvgIpc) is 3.32. The van der Waals surface area contributed by atoms with Gasteiger partial charge in [-0.3, -0.25) is 9.59 Å². The van der Waals surface area contributed by atoms with Crippen molar-refractivity contribution in [2.24, 2.45) is 7.05 Å². The number of rotatable bonds is 2. The van der Waals surface area contributed by atoms with Crippen LogP contribution < -0.4 is 0 Å². The SMILES string of the molecule is Cn1c(C=C2C(=O)c3ccccc3C2=O)cc2sc(-c3ccccc3)nc21. The van der Waals surface area contributed by atoms with Gasteiger partial charge in [0.15, 0.2) is 17.2 Å². The molecule has 1 aliphatic carbocycles. The van der Waals surface area contributed by atoms with E-state index in [4.69, 9.17) is 4.98 Å². The first kappa shape index (κ1) is 15.9. The van der Waals surface area contributed by atoms with Crippen molar-refractivity contribution in [1.29, 1.82) is 0 Å². The number of hydrogen-bond acceptors (Lipinski definition) is 4. The van der Waals surface area contributed by atoms with Gasteiger partial charge in [-0.2, -0.15) is 0 Å². The zero-order valence-electron chi connectivity index (χ0n) is 14.5. The number of benzene rings is 2. The van der Waals surface area contributed by atoms with Gasteiger partial charge in [0, 0.05) is 29.4 Å². The summed E-state index contributed by atoms with van der Waals surface area (Å²) in [5, 5.41) is 0.954. The van der Waals surface area contributed by atoms with Crippen molar-refractivity contribution in [3.05, 3.63) is 83.1 Å². The molecule has 27 heavy (non-hydrogen) atoms. The highest BCUT2D eigenvalue weighted by atomic mass is 32.1. The molecule has 4 nitrogen and oxygen atoms in total. The third kappa shape index (κ3) is 2.39. The van der Waals surface area contributed by atoms with Gasteiger partial charge in [0.1, 0.15) is 5.01 Å². The summed E-state index contributed by atoms with van der Waals surface area (Å²) >= 11 is 1.60. The lowest BCUT2D eigenvalue weighted by atomic mass is 10.1. The summed E-state index contributed by atoms with van der Waals surface area (Å²) in [4.78, 5) is 29.9. The number of nitrogens with zero attached hydrogens (tertiary/aromatic N) is 2. The standard InChI is InChI=1S/C22H14N2O2S/c1-24-14(11-17-19(25)15-9-5-6-10-16(15)20(17)26)12-18-21(24)23-22(27-18)13-7-3-2-4-8-13/h2-12H,1H3. The highest BCUT2D eigenvalue weighted by Crippen LogP contribution is 2.33. The minimum Gasteiger partial charge on any atom is -0.328 e. The number of thiazole rings is 1. The molecule has 0 unspecified atom stereocenters. The third-order valence-electron chi connectivity index (χ3n) is 4.84. The van der Waals surface area contributed by atoms with E-state index in [1.165, 1.54) is 0 Å². The molecule has 0 fully saturated rings. The molecule has 2 heterocycles. The Kier molecular flexibility index (Phi) is 3.45. The zero-order valence-corrected chi connectivity index (χ0v) is 15.3. The van der Waals surface area contributed by atoms with Gasteiger partial charge in [0.25, 0.3) is 0 Å². The number of fused-ring (bicyclic) bond motifs is 2. The Labute approximate surface area is 159 Å². The van der Waals surface area contributed by atoms with E-state index in [-0.39, 0.29) is 17.1 Å². The van der Waals surface area contributed by atoms with Crippen LogP contribution in [0.4, 0.5) is 0 Å². The van der Waals surface area contributed by atoms with Gasteiger partial charge in [0.05, 0.1) is 10.3 Å². The number of Topliss-reactive ketones (excluding diaryl/α,β-unsaturated/α-hetero) is 2. The molecule has 0 aliphatic heterocycles. The van der Waals surface area contributed by atoms with E-state index in [1.54, 1.807) is 41.7 Å². The first-order valence-electron chi connectivity index (χ1n) is 8.55. The third-order valence-corrected chi connectivity index (χ3v) is 5.88. The van der Waals surface area contributed by atoms with Crippen molar-refractivity contribution in [1.82, 2.24) is 9.55 Å². The van der Waals surface area contributed by atoms with Crippen LogP contribution in [-0.2, 0) is 7.05 Å². The summed E-state index contributed by atoms with van der Waals surface area (Å²) in [6.07, 6.45) is 1.68. The second-order valence-electron chi connectivity index (χ2n) is 6.46. The molecular formula is C22H14N2O2S. The summed E-state index contributed by atoms with van der Waals surface area (Å²) in [5.41, 5.74) is 3.90. The van der Waals surface area contributed by atoms with Gasteiger partial charge in [-0.1, -0.05) is 54.6 Å². The quantitative estimate of drug-likeness (QED) is 0.377. The molecule has 4 aromatic rings. The molecule has 5 heteroatoms. The van der Waals surface area contributed by atoms with Crippen molar-refractivity contribution < 1.29 is 9.59 Å². The van der Waals surface area contributed by atoms with Gasteiger partial charge >= 0.3 is 0 Å². The largest absolute Gasteiger partial charge is 0.328 e. The molecule has 0 amide bonds. The van der Waals surface area contributed by atoms with Crippen molar-refractivity contribution in [3.63, 3.8) is 0 Å². The topological polar surface area (TPSA) is 52.0 Å². The number of allylic oxidation sites excluding steroid dienone is 1. The smallest absolute Gasteiger partial charge is 0.197 e. The Hall–Kier alpha value is -3.31. The van der Waals surface area contributed by atoms with Gasteiger partial charge < -0.3 is 4.57 Å². The van der Waals surface area contributed by atoms with Crippen LogP contribution in [0.3, 0.4) is 0 Å². The molecule has 1 aliphatic rings. The molecule has 2 aromatic heterocycles. The van der Waals surface area contributed by atoms with Crippen LogP contribution in [0, 0.1) is 0 Å². The summed E-state index contributed by atoms with van der Waals surface area (Å²) in [7, 11) is 1.90. The first-order chi connectivity index (χ1) is 13.1. The highest BCUT2D eigenvalue weighted by molar-refractivity contribution is 7.21. The fourth-order valence-electron chi connectivity index (χ4n) is 3.41. The average molecular weight is 370 g/mol. The second kappa shape index (κ2) is 5.86. The molecule has 0 radical (unpaired) electrons. The molecule has 0 atom stereocenters. The number of aryl methyl sites for hydroxylation is 1. The lowest BCUT2D eigenvalue weighted by molar-refractivity contribution is 0.0990. The number of aromatic nitrogens is 2. The number of carbonyl (C=O) groups is 2. The summed E-state index contributed by atoms with van der Waals surface area (Å²) in [6, 6.07) is 19.0. The van der Waals surface area contributed by atoms with E-state index < -0.39 is 0 Å². The van der Waals surface area contributed by atoms with Crippen LogP contribution in [0.1, 0.15) is 26.4 Å². The Balaban J connectivity index is 1.58. The van der Waals surface area contributed by atoms with E-state index in [2.05, 4.69) is 0 Å². The molecular weight excluding hydrogens is 356 g/mol. The van der Waals surface area contributed by atoms with Crippen molar-refractivity contribution >= 4 is 39.3 Å². The molecule has 0 spiro atoms. The van der Waals surface area contributed by atoms with Gasteiger partial charge in [-0.15, -0.1) is 11.3 Å². The van der Waals surface area contributed by atoms with Crippen LogP contribution >= 0.6 is 11.3 Å². The summed E-state index contributed by atoms with van der Waals surface area (Å²) < 4.78 is 2.95. The molecule has 0 saturated carbocycles. The maximum Gasteiger partial charge on any atom is 0.197 e. The summed E-state index contributed by atoms with van der Waals surface area (Å²) in [5.74, 6) is -0.420. The fraction of sp³-hybridized carbons (Fsp3) is 0.0455. The van der Waals surface area contributed by atoms with Crippen molar-refractivity contribution in [2.75, 3.05) is 0 Å². The van der Waals surface area contributed by atoms with E-state index in [9.17, 15) is 9.59 Å². The highest BCUT2D eigenvalue weighted by Gasteiger charge is 2.32. The molecule has 2 aromatic carbocycles. The molecule has 5 rings (SSSR count). The molecule has 0 saturated heterocycles. The maximum absolute atomic E-state index is 12.6. The lowest BCUT2D eigenvalue weighted by Crippen LogP contribution is -2.02. The minimum atomic E-state index is -0.210. The fourth-order valence-corrected chi connectivity index (χ4v) is 4.45. The van der Waals surface area contributed by atoms with E-state index in [0.717, 1.165) is 26.6 Å². The Bertz CT molecular complexity index is 1230. The van der Waals surface area contributed by atoms with E-state index in [0.29, 0.717) is 11.1 Å². The normalized spacial score (nSPS) is 13.4. The van der Waals surface area contributed by atoms with Crippen LogP contribution in [0.2, 0.25) is 0 Å². The van der Waals surface area contributed by atoms with Crippen LogP contribution in [0.5, 0.6) is 0 Å². The van der Waals surface area contributed by atoms with Crippen LogP contribution in [0.25, 0.3) is 27.0 Å². The van der Waals surface area contributed by atoms with Crippen molar-refractivity contribution in [3.8, 4) is 10.6 Å². The van der Waals surface area contributed by atoms with E-state index in [1.807, 2.05) is 48.0 Å². The first-order valence-corrected chi connectivity index (χ1v) is 9.37. The molecule has 130 valence electrons. The minimum absolute atomic E-state index is 0.210. The maximum atomic E-state index is 12.6. The van der Waals surface area contributed by atoms with Crippen LogP contribution in [-0.4, -0.2) is 21.1 Å². The number of ketones is 2. The zero-order chi connectivity index (χ0) is 18.5. The Morgan fingerprint density at radius 1 is 0.926 bits per heavy atom. The number of carbonyl (C=O) groups excluding carboxylic acids is 2. The predicted molar refractivity (Wildman–Crippen MR) is 107 cm³/mol. The molecule has 0 N–H and O–H groups in total. The van der Waals surface area contributed by atoms with Gasteiger partial charge in [-0.25, -0.2) is 4.98 Å².